The lowest BCUT2D eigenvalue weighted by molar-refractivity contribution is 0.0422. The van der Waals surface area contributed by atoms with Gasteiger partial charge in [-0.2, -0.15) is 0 Å². The zero-order valence-electron chi connectivity index (χ0n) is 7.55. The predicted octanol–water partition coefficient (Wildman–Crippen LogP) is 3.47. The number of rotatable bonds is 1. The van der Waals surface area contributed by atoms with E-state index in [-0.39, 0.29) is 6.10 Å². The van der Waals surface area contributed by atoms with Gasteiger partial charge in [0.25, 0.3) is 0 Å². The van der Waals surface area contributed by atoms with Gasteiger partial charge in [0, 0.05) is 21.3 Å². The second-order valence-electron chi connectivity index (χ2n) is 3.13. The van der Waals surface area contributed by atoms with Crippen molar-refractivity contribution in [3.63, 3.8) is 0 Å². The van der Waals surface area contributed by atoms with E-state index in [9.17, 15) is 0 Å². The monoisotopic (exact) mass is 229 g/mol. The Kier molecular flexibility index (Phi) is 2.68. The third kappa shape index (κ3) is 1.73. The first-order valence-corrected chi connectivity index (χ1v) is 4.98. The lowest BCUT2D eigenvalue weighted by atomic mass is 10.1. The smallest absolute Gasteiger partial charge is 0.133 e. The zero-order valence-corrected chi connectivity index (χ0v) is 9.06. The Hall–Kier alpha value is -0.700. The molecule has 0 aromatic heterocycles. The van der Waals surface area contributed by atoms with Crippen LogP contribution in [0.4, 0.5) is 0 Å². The third-order valence-corrected chi connectivity index (χ3v) is 2.69. The molecule has 1 atom stereocenters. The van der Waals surface area contributed by atoms with Gasteiger partial charge in [-0.25, -0.2) is 0 Å². The first-order chi connectivity index (χ1) is 6.68. The van der Waals surface area contributed by atoms with Gasteiger partial charge < -0.3 is 0 Å². The molecule has 1 aliphatic rings. The molecule has 1 aromatic carbocycles. The normalized spacial score (nSPS) is 20.5. The lowest BCUT2D eigenvalue weighted by Crippen LogP contribution is -2.06. The largest absolute Gasteiger partial charge is 0.271 e. The van der Waals surface area contributed by atoms with E-state index in [0.717, 1.165) is 11.3 Å². The Bertz CT molecular complexity index is 369. The van der Waals surface area contributed by atoms with Crippen molar-refractivity contribution in [1.29, 1.82) is 0 Å². The van der Waals surface area contributed by atoms with Gasteiger partial charge in [0.1, 0.15) is 6.10 Å². The maximum absolute atomic E-state index is 6.04. The van der Waals surface area contributed by atoms with E-state index < -0.39 is 0 Å². The van der Waals surface area contributed by atoms with Crippen LogP contribution >= 0.6 is 23.2 Å². The Labute approximate surface area is 92.4 Å². The van der Waals surface area contributed by atoms with Crippen molar-refractivity contribution in [3.8, 4) is 0 Å². The van der Waals surface area contributed by atoms with Crippen molar-refractivity contribution in [2.45, 2.75) is 13.0 Å². The van der Waals surface area contributed by atoms with E-state index in [2.05, 4.69) is 5.48 Å². The minimum atomic E-state index is -0.198. The number of allylic oxidation sites excluding steroid dienone is 1. The standard InChI is InChI=1S/C10H9Cl2NO/c1-6-5-9(14-13-6)10-7(11)3-2-4-8(10)12/h2-5,9,13H,1H3. The number of hydrogen-bond donors (Lipinski definition) is 1. The first-order valence-electron chi connectivity index (χ1n) is 4.22. The second-order valence-corrected chi connectivity index (χ2v) is 3.94. The topological polar surface area (TPSA) is 21.3 Å². The molecule has 0 saturated heterocycles. The highest BCUT2D eigenvalue weighted by Gasteiger charge is 2.21. The van der Waals surface area contributed by atoms with Crippen LogP contribution in [0.25, 0.3) is 0 Å². The molecule has 0 saturated carbocycles. The molecular weight excluding hydrogens is 221 g/mol. The van der Waals surface area contributed by atoms with Crippen molar-refractivity contribution < 1.29 is 4.84 Å². The van der Waals surface area contributed by atoms with E-state index in [1.54, 1.807) is 12.1 Å². The minimum Gasteiger partial charge on any atom is -0.271 e. The quantitative estimate of drug-likeness (QED) is 0.797. The predicted molar refractivity (Wildman–Crippen MR) is 57.2 cm³/mol. The molecule has 2 rings (SSSR count). The molecule has 0 amide bonds. The number of nitrogens with one attached hydrogen (secondary N) is 1. The summed E-state index contributed by atoms with van der Waals surface area (Å²) in [5.41, 5.74) is 4.54. The van der Waals surface area contributed by atoms with E-state index >= 15 is 0 Å². The average Bonchev–Trinajstić information content (AvgIpc) is 2.51. The van der Waals surface area contributed by atoms with Crippen LogP contribution in [0.15, 0.2) is 30.0 Å². The van der Waals surface area contributed by atoms with Crippen LogP contribution in [-0.2, 0) is 4.84 Å². The summed E-state index contributed by atoms with van der Waals surface area (Å²) < 4.78 is 0. The van der Waals surface area contributed by atoms with Crippen molar-refractivity contribution in [1.82, 2.24) is 5.48 Å². The van der Waals surface area contributed by atoms with Crippen molar-refractivity contribution >= 4 is 23.2 Å². The van der Waals surface area contributed by atoms with Crippen LogP contribution in [-0.4, -0.2) is 0 Å². The number of halogens is 2. The fourth-order valence-corrected chi connectivity index (χ4v) is 1.99. The Balaban J connectivity index is 2.41. The highest BCUT2D eigenvalue weighted by atomic mass is 35.5. The molecule has 1 aliphatic heterocycles. The van der Waals surface area contributed by atoms with Crippen LogP contribution in [0, 0.1) is 0 Å². The molecule has 4 heteroatoms. The highest BCUT2D eigenvalue weighted by Crippen LogP contribution is 2.34. The van der Waals surface area contributed by atoms with Gasteiger partial charge in [0.15, 0.2) is 0 Å². The van der Waals surface area contributed by atoms with Gasteiger partial charge in [-0.3, -0.25) is 10.3 Å². The van der Waals surface area contributed by atoms with E-state index in [0.29, 0.717) is 10.0 Å². The van der Waals surface area contributed by atoms with E-state index in [1.807, 2.05) is 19.1 Å². The summed E-state index contributed by atoms with van der Waals surface area (Å²) >= 11 is 12.1. The SMILES string of the molecule is CC1=CC(c2c(Cl)cccc2Cl)ON1. The molecule has 0 fully saturated rings. The van der Waals surface area contributed by atoms with Crippen LogP contribution in [0.2, 0.25) is 10.0 Å². The molecule has 0 spiro atoms. The summed E-state index contributed by atoms with van der Waals surface area (Å²) in [6.07, 6.45) is 1.74. The summed E-state index contributed by atoms with van der Waals surface area (Å²) in [7, 11) is 0. The highest BCUT2D eigenvalue weighted by molar-refractivity contribution is 6.36. The maximum Gasteiger partial charge on any atom is 0.133 e. The van der Waals surface area contributed by atoms with Gasteiger partial charge in [0.05, 0.1) is 0 Å². The third-order valence-electron chi connectivity index (χ3n) is 2.03. The van der Waals surface area contributed by atoms with E-state index in [4.69, 9.17) is 28.0 Å². The van der Waals surface area contributed by atoms with Gasteiger partial charge in [-0.15, -0.1) is 0 Å². The van der Waals surface area contributed by atoms with Crippen LogP contribution < -0.4 is 5.48 Å². The van der Waals surface area contributed by atoms with E-state index in [1.165, 1.54) is 0 Å². The van der Waals surface area contributed by atoms with Crippen LogP contribution in [0.3, 0.4) is 0 Å². The zero-order chi connectivity index (χ0) is 10.1. The molecule has 1 unspecified atom stereocenters. The lowest BCUT2D eigenvalue weighted by Gasteiger charge is -2.11. The molecule has 1 N–H and O–H groups in total. The average molecular weight is 230 g/mol. The number of hydrogen-bond acceptors (Lipinski definition) is 2. The molecule has 1 aromatic rings. The summed E-state index contributed by atoms with van der Waals surface area (Å²) in [6.45, 7) is 1.92. The number of benzene rings is 1. The molecule has 0 bridgehead atoms. The maximum atomic E-state index is 6.04. The van der Waals surface area contributed by atoms with Gasteiger partial charge in [-0.1, -0.05) is 29.3 Å². The van der Waals surface area contributed by atoms with Crippen LogP contribution in [0.1, 0.15) is 18.6 Å². The number of hydroxylamine groups is 1. The summed E-state index contributed by atoms with van der Waals surface area (Å²) in [4.78, 5) is 5.30. The van der Waals surface area contributed by atoms with Gasteiger partial charge in [-0.05, 0) is 25.1 Å². The fourth-order valence-electron chi connectivity index (χ4n) is 1.38. The molecule has 1 heterocycles. The van der Waals surface area contributed by atoms with Crippen LogP contribution in [0.5, 0.6) is 0 Å². The molecule has 2 nitrogen and oxygen atoms in total. The Morgan fingerprint density at radius 1 is 1.29 bits per heavy atom. The minimum absolute atomic E-state index is 0.198. The molecule has 74 valence electrons. The Morgan fingerprint density at radius 3 is 2.43 bits per heavy atom. The summed E-state index contributed by atoms with van der Waals surface area (Å²) in [5.74, 6) is 0. The van der Waals surface area contributed by atoms with Crippen molar-refractivity contribution in [3.05, 3.63) is 45.6 Å². The van der Waals surface area contributed by atoms with Crippen molar-refractivity contribution in [2.75, 3.05) is 0 Å². The first kappa shape index (κ1) is 9.84. The summed E-state index contributed by atoms with van der Waals surface area (Å²) in [5, 5.41) is 1.24. The molecule has 14 heavy (non-hydrogen) atoms. The van der Waals surface area contributed by atoms with Crippen molar-refractivity contribution in [2.24, 2.45) is 0 Å². The molecule has 0 radical (unpaired) electrons. The molecule has 0 aliphatic carbocycles. The fraction of sp³-hybridized carbons (Fsp3) is 0.200. The second kappa shape index (κ2) is 3.81. The van der Waals surface area contributed by atoms with Gasteiger partial charge in [0.2, 0.25) is 0 Å². The summed E-state index contributed by atoms with van der Waals surface area (Å²) in [6, 6.07) is 5.41. The molecular formula is C10H9Cl2NO. The van der Waals surface area contributed by atoms with Gasteiger partial charge >= 0.3 is 0 Å². The Morgan fingerprint density at radius 2 is 1.93 bits per heavy atom.